The standard InChI is InChI=1S/C19H13ClF3N3O/c20-15-8-6-13(7-9-15)18(27)26-25-17-11-14(19(21,22)23)10-16(24-17)12-4-2-1-3-5-12/h1-11H,(H,24,25)(H,26,27). The Balaban J connectivity index is 1.86. The molecule has 138 valence electrons. The van der Waals surface area contributed by atoms with Crippen molar-refractivity contribution < 1.29 is 18.0 Å². The lowest BCUT2D eigenvalue weighted by atomic mass is 10.1. The quantitative estimate of drug-likeness (QED) is 0.603. The Hall–Kier alpha value is -3.06. The Morgan fingerprint density at radius 3 is 2.26 bits per heavy atom. The number of pyridine rings is 1. The summed E-state index contributed by atoms with van der Waals surface area (Å²) in [5.41, 5.74) is 4.84. The van der Waals surface area contributed by atoms with E-state index < -0.39 is 17.6 Å². The first kappa shape index (κ1) is 18.7. The molecule has 0 saturated carbocycles. The number of carbonyl (C=O) groups excluding carboxylic acids is 1. The molecule has 0 bridgehead atoms. The minimum absolute atomic E-state index is 0.133. The van der Waals surface area contributed by atoms with Gasteiger partial charge in [-0.15, -0.1) is 0 Å². The highest BCUT2D eigenvalue weighted by atomic mass is 35.5. The molecule has 1 amide bonds. The lowest BCUT2D eigenvalue weighted by Crippen LogP contribution is -2.30. The second-order valence-electron chi connectivity index (χ2n) is 5.58. The van der Waals surface area contributed by atoms with Crippen LogP contribution in [0.5, 0.6) is 0 Å². The van der Waals surface area contributed by atoms with Gasteiger partial charge in [-0.3, -0.25) is 15.6 Å². The van der Waals surface area contributed by atoms with Crippen LogP contribution in [-0.2, 0) is 6.18 Å². The summed E-state index contributed by atoms with van der Waals surface area (Å²) in [5.74, 6) is -0.668. The third-order valence-electron chi connectivity index (χ3n) is 3.63. The first-order valence-corrected chi connectivity index (χ1v) is 8.17. The first-order valence-electron chi connectivity index (χ1n) is 7.79. The van der Waals surface area contributed by atoms with Gasteiger partial charge in [-0.1, -0.05) is 41.9 Å². The molecule has 3 rings (SSSR count). The number of alkyl halides is 3. The lowest BCUT2D eigenvalue weighted by Gasteiger charge is -2.13. The van der Waals surface area contributed by atoms with Gasteiger partial charge in [0.1, 0.15) is 5.82 Å². The average Bonchev–Trinajstić information content (AvgIpc) is 2.66. The Labute approximate surface area is 158 Å². The van der Waals surface area contributed by atoms with Crippen LogP contribution in [0.2, 0.25) is 5.02 Å². The lowest BCUT2D eigenvalue weighted by molar-refractivity contribution is -0.137. The molecular weight excluding hydrogens is 379 g/mol. The molecule has 1 heterocycles. The molecule has 0 fully saturated rings. The fourth-order valence-electron chi connectivity index (χ4n) is 2.31. The summed E-state index contributed by atoms with van der Waals surface area (Å²) in [5, 5.41) is 0.464. The van der Waals surface area contributed by atoms with Crippen LogP contribution in [0.1, 0.15) is 15.9 Å². The summed E-state index contributed by atoms with van der Waals surface area (Å²) >= 11 is 5.76. The van der Waals surface area contributed by atoms with Crippen molar-refractivity contribution in [1.29, 1.82) is 0 Å². The van der Waals surface area contributed by atoms with E-state index in [0.717, 1.165) is 12.1 Å². The van der Waals surface area contributed by atoms with Crippen LogP contribution in [0.15, 0.2) is 66.7 Å². The molecule has 1 aromatic heterocycles. The van der Waals surface area contributed by atoms with E-state index in [0.29, 0.717) is 16.1 Å². The minimum Gasteiger partial charge on any atom is -0.282 e. The highest BCUT2D eigenvalue weighted by molar-refractivity contribution is 6.30. The van der Waals surface area contributed by atoms with Crippen LogP contribution >= 0.6 is 11.6 Å². The maximum Gasteiger partial charge on any atom is 0.416 e. The molecule has 2 aromatic carbocycles. The predicted molar refractivity (Wildman–Crippen MR) is 97.2 cm³/mol. The third-order valence-corrected chi connectivity index (χ3v) is 3.88. The van der Waals surface area contributed by atoms with Crippen molar-refractivity contribution in [2.24, 2.45) is 0 Å². The predicted octanol–water partition coefficient (Wildman–Crippen LogP) is 5.18. The van der Waals surface area contributed by atoms with Crippen molar-refractivity contribution in [3.8, 4) is 11.3 Å². The van der Waals surface area contributed by atoms with E-state index in [1.54, 1.807) is 30.3 Å². The number of halogens is 4. The summed E-state index contributed by atoms with van der Waals surface area (Å²) in [7, 11) is 0. The highest BCUT2D eigenvalue weighted by Crippen LogP contribution is 2.33. The number of carbonyl (C=O) groups is 1. The molecule has 2 N–H and O–H groups in total. The second-order valence-corrected chi connectivity index (χ2v) is 6.01. The van der Waals surface area contributed by atoms with Gasteiger partial charge < -0.3 is 0 Å². The summed E-state index contributed by atoms with van der Waals surface area (Å²) in [6, 6.07) is 16.3. The fourth-order valence-corrected chi connectivity index (χ4v) is 2.44. The first-order chi connectivity index (χ1) is 12.8. The van der Waals surface area contributed by atoms with E-state index in [9.17, 15) is 18.0 Å². The minimum atomic E-state index is -4.55. The molecule has 0 saturated heterocycles. The van der Waals surface area contributed by atoms with E-state index >= 15 is 0 Å². The van der Waals surface area contributed by atoms with E-state index in [4.69, 9.17) is 11.6 Å². The second kappa shape index (κ2) is 7.67. The SMILES string of the molecule is O=C(NNc1cc(C(F)(F)F)cc(-c2ccccc2)n1)c1ccc(Cl)cc1. The Bertz CT molecular complexity index is 945. The maximum absolute atomic E-state index is 13.2. The van der Waals surface area contributed by atoms with Crippen LogP contribution < -0.4 is 10.9 Å². The van der Waals surface area contributed by atoms with Crippen LogP contribution in [-0.4, -0.2) is 10.9 Å². The number of benzene rings is 2. The number of rotatable bonds is 4. The van der Waals surface area contributed by atoms with Gasteiger partial charge in [-0.05, 0) is 36.4 Å². The molecule has 0 aliphatic heterocycles. The van der Waals surface area contributed by atoms with E-state index in [1.165, 1.54) is 24.3 Å². The van der Waals surface area contributed by atoms with Crippen molar-refractivity contribution in [3.63, 3.8) is 0 Å². The van der Waals surface area contributed by atoms with E-state index in [2.05, 4.69) is 15.8 Å². The number of hydrogen-bond donors (Lipinski definition) is 2. The molecule has 4 nitrogen and oxygen atoms in total. The molecule has 27 heavy (non-hydrogen) atoms. The molecule has 0 radical (unpaired) electrons. The van der Waals surface area contributed by atoms with E-state index in [1.807, 2.05) is 0 Å². The normalized spacial score (nSPS) is 11.1. The summed E-state index contributed by atoms with van der Waals surface area (Å²) in [6.07, 6.45) is -4.55. The molecule has 0 atom stereocenters. The molecule has 0 aliphatic carbocycles. The Kier molecular flexibility index (Phi) is 5.32. The molecular formula is C19H13ClF3N3O. The molecule has 0 unspecified atom stereocenters. The van der Waals surface area contributed by atoms with Gasteiger partial charge in [0.2, 0.25) is 0 Å². The monoisotopic (exact) mass is 391 g/mol. The van der Waals surface area contributed by atoms with Gasteiger partial charge in [-0.2, -0.15) is 13.2 Å². The smallest absolute Gasteiger partial charge is 0.282 e. The number of hydrazine groups is 1. The highest BCUT2D eigenvalue weighted by Gasteiger charge is 2.31. The van der Waals surface area contributed by atoms with E-state index in [-0.39, 0.29) is 11.5 Å². The average molecular weight is 392 g/mol. The third kappa shape index (κ3) is 4.77. The number of amides is 1. The molecule has 8 heteroatoms. The number of aromatic nitrogens is 1. The molecule has 0 aliphatic rings. The number of hydrogen-bond acceptors (Lipinski definition) is 3. The largest absolute Gasteiger partial charge is 0.416 e. The topological polar surface area (TPSA) is 54.0 Å². The summed E-state index contributed by atoms with van der Waals surface area (Å²) < 4.78 is 39.6. The van der Waals surface area contributed by atoms with Crippen molar-refractivity contribution in [2.45, 2.75) is 6.18 Å². The zero-order valence-electron chi connectivity index (χ0n) is 13.7. The zero-order valence-corrected chi connectivity index (χ0v) is 14.5. The Morgan fingerprint density at radius 1 is 0.963 bits per heavy atom. The van der Waals surface area contributed by atoms with Gasteiger partial charge in [-0.25, -0.2) is 4.98 Å². The van der Waals surface area contributed by atoms with Gasteiger partial charge in [0.25, 0.3) is 5.91 Å². The Morgan fingerprint density at radius 2 is 1.63 bits per heavy atom. The molecule has 3 aromatic rings. The zero-order chi connectivity index (χ0) is 19.4. The summed E-state index contributed by atoms with van der Waals surface area (Å²) in [4.78, 5) is 16.2. The van der Waals surface area contributed by atoms with Crippen LogP contribution in [0.3, 0.4) is 0 Å². The van der Waals surface area contributed by atoms with Gasteiger partial charge in [0.15, 0.2) is 0 Å². The van der Waals surface area contributed by atoms with Crippen LogP contribution in [0.4, 0.5) is 19.0 Å². The number of nitrogens with one attached hydrogen (secondary N) is 2. The summed E-state index contributed by atoms with van der Waals surface area (Å²) in [6.45, 7) is 0. The van der Waals surface area contributed by atoms with Crippen molar-refractivity contribution >= 4 is 23.3 Å². The van der Waals surface area contributed by atoms with Crippen molar-refractivity contribution in [3.05, 3.63) is 82.9 Å². The van der Waals surface area contributed by atoms with Gasteiger partial charge in [0, 0.05) is 16.1 Å². The fraction of sp³-hybridized carbons (Fsp3) is 0.0526. The number of anilines is 1. The molecule has 0 spiro atoms. The number of nitrogens with zero attached hydrogens (tertiary/aromatic N) is 1. The maximum atomic E-state index is 13.2. The van der Waals surface area contributed by atoms with Gasteiger partial charge in [0.05, 0.1) is 11.3 Å². The van der Waals surface area contributed by atoms with Crippen LogP contribution in [0.25, 0.3) is 11.3 Å². The van der Waals surface area contributed by atoms with Crippen molar-refractivity contribution in [1.82, 2.24) is 10.4 Å². The van der Waals surface area contributed by atoms with Gasteiger partial charge >= 0.3 is 6.18 Å². The van der Waals surface area contributed by atoms with Crippen molar-refractivity contribution in [2.75, 3.05) is 5.43 Å². The van der Waals surface area contributed by atoms with Crippen LogP contribution in [0, 0.1) is 0 Å².